The number of amides is 2. The second kappa shape index (κ2) is 7.67. The van der Waals surface area contributed by atoms with E-state index in [9.17, 15) is 9.59 Å². The maximum Gasteiger partial charge on any atom is 0.253 e. The quantitative estimate of drug-likeness (QED) is 0.822. The molecule has 2 atom stereocenters. The summed E-state index contributed by atoms with van der Waals surface area (Å²) >= 11 is 6.05. The molecule has 1 aromatic carbocycles. The van der Waals surface area contributed by atoms with Gasteiger partial charge in [-0.2, -0.15) is 0 Å². The summed E-state index contributed by atoms with van der Waals surface area (Å²) in [6.07, 6.45) is 5.27. The fourth-order valence-corrected chi connectivity index (χ4v) is 5.62. The van der Waals surface area contributed by atoms with E-state index in [0.29, 0.717) is 29.6 Å². The lowest BCUT2D eigenvalue weighted by Gasteiger charge is -2.42. The molecule has 1 aromatic heterocycles. The molecule has 2 amide bonds. The molecule has 1 spiro atoms. The second-order valence-corrected chi connectivity index (χ2v) is 9.15. The van der Waals surface area contributed by atoms with E-state index >= 15 is 0 Å². The number of rotatable bonds is 3. The largest absolute Gasteiger partial charge is 0.350 e. The Morgan fingerprint density at radius 2 is 2.03 bits per heavy atom. The van der Waals surface area contributed by atoms with Gasteiger partial charge >= 0.3 is 0 Å². The lowest BCUT2D eigenvalue weighted by molar-refractivity contribution is -0.123. The van der Waals surface area contributed by atoms with Gasteiger partial charge in [0.05, 0.1) is 5.92 Å². The van der Waals surface area contributed by atoms with Gasteiger partial charge in [0.1, 0.15) is 0 Å². The summed E-state index contributed by atoms with van der Waals surface area (Å²) in [5.41, 5.74) is 1.60. The monoisotopic (exact) mass is 424 g/mol. The molecule has 3 aliphatic rings. The number of pyridine rings is 1. The van der Waals surface area contributed by atoms with E-state index in [0.717, 1.165) is 32.5 Å². The van der Waals surface area contributed by atoms with E-state index in [1.54, 1.807) is 30.5 Å². The number of nitrogens with zero attached hydrogens (tertiary/aromatic N) is 3. The third-order valence-electron chi connectivity index (χ3n) is 6.96. The molecule has 7 heteroatoms. The molecule has 2 aromatic rings. The number of hydrogen-bond donors (Lipinski definition) is 1. The predicted octanol–water partition coefficient (Wildman–Crippen LogP) is 2.59. The maximum absolute atomic E-state index is 12.9. The molecule has 1 N–H and O–H groups in total. The minimum Gasteiger partial charge on any atom is -0.350 e. The van der Waals surface area contributed by atoms with Gasteiger partial charge in [-0.15, -0.1) is 0 Å². The molecule has 0 aliphatic carbocycles. The van der Waals surface area contributed by atoms with Crippen LogP contribution in [0.4, 0.5) is 0 Å². The summed E-state index contributed by atoms with van der Waals surface area (Å²) in [4.78, 5) is 34.1. The highest BCUT2D eigenvalue weighted by Gasteiger charge is 2.57. The van der Waals surface area contributed by atoms with Gasteiger partial charge in [0.2, 0.25) is 5.91 Å². The molecular formula is C23H25ClN4O2. The minimum absolute atomic E-state index is 0.0119. The van der Waals surface area contributed by atoms with Crippen LogP contribution in [-0.4, -0.2) is 58.3 Å². The molecule has 4 heterocycles. The van der Waals surface area contributed by atoms with Gasteiger partial charge in [0.25, 0.3) is 5.91 Å². The third-order valence-corrected chi connectivity index (χ3v) is 7.19. The van der Waals surface area contributed by atoms with Crippen LogP contribution in [0.1, 0.15) is 28.8 Å². The number of carbonyl (C=O) groups is 2. The Labute approximate surface area is 181 Å². The maximum atomic E-state index is 12.9. The lowest BCUT2D eigenvalue weighted by Crippen LogP contribution is -2.56. The molecule has 5 rings (SSSR count). The first-order valence-electron chi connectivity index (χ1n) is 10.5. The molecule has 3 saturated heterocycles. The van der Waals surface area contributed by atoms with Gasteiger partial charge in [-0.3, -0.25) is 19.5 Å². The molecule has 6 nitrogen and oxygen atoms in total. The van der Waals surface area contributed by atoms with Gasteiger partial charge in [-0.05, 0) is 42.7 Å². The van der Waals surface area contributed by atoms with E-state index in [1.807, 2.05) is 17.2 Å². The van der Waals surface area contributed by atoms with Crippen molar-refractivity contribution < 1.29 is 9.59 Å². The summed E-state index contributed by atoms with van der Waals surface area (Å²) in [6, 6.07) is 11.1. The molecule has 3 fully saturated rings. The Kier molecular flexibility index (Phi) is 4.99. The highest BCUT2D eigenvalue weighted by Crippen LogP contribution is 2.44. The van der Waals surface area contributed by atoms with Crippen LogP contribution in [0.3, 0.4) is 0 Å². The van der Waals surface area contributed by atoms with Crippen LogP contribution < -0.4 is 5.32 Å². The number of likely N-dealkylation sites (tertiary alicyclic amines) is 2. The van der Waals surface area contributed by atoms with Crippen LogP contribution >= 0.6 is 11.6 Å². The summed E-state index contributed by atoms with van der Waals surface area (Å²) in [5, 5.41) is 3.90. The van der Waals surface area contributed by atoms with E-state index in [4.69, 9.17) is 11.6 Å². The number of piperidine rings is 1. The van der Waals surface area contributed by atoms with Gasteiger partial charge in [0, 0.05) is 67.2 Å². The fraction of sp³-hybridized carbons (Fsp3) is 0.435. The van der Waals surface area contributed by atoms with Gasteiger partial charge < -0.3 is 10.2 Å². The van der Waals surface area contributed by atoms with Crippen LogP contribution in [0.25, 0.3) is 0 Å². The zero-order chi connectivity index (χ0) is 20.7. The molecular weight excluding hydrogens is 400 g/mol. The summed E-state index contributed by atoms with van der Waals surface area (Å²) < 4.78 is 0. The molecule has 156 valence electrons. The van der Waals surface area contributed by atoms with Gasteiger partial charge in [0.15, 0.2) is 0 Å². The predicted molar refractivity (Wildman–Crippen MR) is 114 cm³/mol. The summed E-state index contributed by atoms with van der Waals surface area (Å²) in [5.74, 6) is 0.517. The van der Waals surface area contributed by atoms with Crippen molar-refractivity contribution in [1.29, 1.82) is 0 Å². The van der Waals surface area contributed by atoms with Crippen molar-refractivity contribution in [2.24, 2.45) is 11.8 Å². The first kappa shape index (κ1) is 19.5. The standard InChI is InChI=1S/C23H25ClN4O2/c24-18-5-1-4-17(11-18)22(30)28-9-6-23(7-10-28)20-15-27(14-19(20)21(29)26-23)13-16-3-2-8-25-12-16/h1-5,8,11-12,19-20H,6-7,9-10,13-15H2,(H,26,29)/t19-,20+/m1/s1. The second-order valence-electron chi connectivity index (χ2n) is 8.72. The SMILES string of the molecule is O=C1NC2(CCN(C(=O)c3cccc(Cl)c3)CC2)[C@H]2CN(Cc3cccnc3)C[C@@H]12. The minimum atomic E-state index is -0.198. The zero-order valence-corrected chi connectivity index (χ0v) is 17.5. The number of nitrogens with one attached hydrogen (secondary N) is 1. The van der Waals surface area contributed by atoms with Crippen molar-refractivity contribution >= 4 is 23.4 Å². The normalized spacial score (nSPS) is 25.4. The van der Waals surface area contributed by atoms with E-state index in [-0.39, 0.29) is 23.3 Å². The van der Waals surface area contributed by atoms with Crippen LogP contribution in [0.2, 0.25) is 5.02 Å². The summed E-state index contributed by atoms with van der Waals surface area (Å²) in [7, 11) is 0. The highest BCUT2D eigenvalue weighted by molar-refractivity contribution is 6.30. The van der Waals surface area contributed by atoms with Crippen molar-refractivity contribution in [3.05, 3.63) is 64.9 Å². The lowest BCUT2D eigenvalue weighted by atomic mass is 9.75. The molecule has 0 radical (unpaired) electrons. The fourth-order valence-electron chi connectivity index (χ4n) is 5.43. The Morgan fingerprint density at radius 3 is 2.77 bits per heavy atom. The summed E-state index contributed by atoms with van der Waals surface area (Å²) in [6.45, 7) is 3.82. The molecule has 30 heavy (non-hydrogen) atoms. The Hall–Kier alpha value is -2.44. The third kappa shape index (κ3) is 3.48. The van der Waals surface area contributed by atoms with E-state index < -0.39 is 0 Å². The first-order valence-corrected chi connectivity index (χ1v) is 10.9. The number of carbonyl (C=O) groups excluding carboxylic acids is 2. The highest BCUT2D eigenvalue weighted by atomic mass is 35.5. The zero-order valence-electron chi connectivity index (χ0n) is 16.8. The van der Waals surface area contributed by atoms with Crippen LogP contribution in [0, 0.1) is 11.8 Å². The van der Waals surface area contributed by atoms with Gasteiger partial charge in [-0.1, -0.05) is 23.7 Å². The number of halogens is 1. The van der Waals surface area contributed by atoms with Crippen LogP contribution in [0.15, 0.2) is 48.8 Å². The molecule has 0 saturated carbocycles. The van der Waals surface area contributed by atoms with Crippen molar-refractivity contribution in [3.8, 4) is 0 Å². The molecule has 0 bridgehead atoms. The van der Waals surface area contributed by atoms with Crippen LogP contribution in [0.5, 0.6) is 0 Å². The van der Waals surface area contributed by atoms with Crippen molar-refractivity contribution in [1.82, 2.24) is 20.1 Å². The number of hydrogen-bond acceptors (Lipinski definition) is 4. The Bertz CT molecular complexity index is 959. The van der Waals surface area contributed by atoms with Crippen LogP contribution in [-0.2, 0) is 11.3 Å². The van der Waals surface area contributed by atoms with E-state index in [1.165, 1.54) is 5.56 Å². The topological polar surface area (TPSA) is 65.5 Å². The smallest absolute Gasteiger partial charge is 0.253 e. The molecule has 3 aliphatic heterocycles. The van der Waals surface area contributed by atoms with Crippen molar-refractivity contribution in [2.75, 3.05) is 26.2 Å². The Morgan fingerprint density at radius 1 is 1.20 bits per heavy atom. The number of aromatic nitrogens is 1. The van der Waals surface area contributed by atoms with Gasteiger partial charge in [-0.25, -0.2) is 0 Å². The first-order chi connectivity index (χ1) is 14.5. The molecule has 0 unspecified atom stereocenters. The number of fused-ring (bicyclic) bond motifs is 2. The van der Waals surface area contributed by atoms with Crippen molar-refractivity contribution in [2.45, 2.75) is 24.9 Å². The average Bonchev–Trinajstić information content (AvgIpc) is 3.28. The average molecular weight is 425 g/mol. The number of benzene rings is 1. The van der Waals surface area contributed by atoms with E-state index in [2.05, 4.69) is 21.3 Å². The van der Waals surface area contributed by atoms with Crippen molar-refractivity contribution in [3.63, 3.8) is 0 Å². The Balaban J connectivity index is 1.26.